The van der Waals surface area contributed by atoms with Crippen LogP contribution in [0.15, 0.2) is 91.3 Å². The van der Waals surface area contributed by atoms with Crippen molar-refractivity contribution < 1.29 is 9.59 Å². The zero-order chi connectivity index (χ0) is 28.0. The number of nitrogens with zero attached hydrogens (tertiary/aromatic N) is 7. The lowest BCUT2D eigenvalue weighted by molar-refractivity contribution is -0.127. The third-order valence-electron chi connectivity index (χ3n) is 7.31. The zero-order valence-electron chi connectivity index (χ0n) is 22.5. The van der Waals surface area contributed by atoms with E-state index in [1.807, 2.05) is 66.7 Å². The lowest BCUT2D eigenvalue weighted by Gasteiger charge is -2.32. The molecule has 1 unspecified atom stereocenters. The zero-order valence-corrected chi connectivity index (χ0v) is 22.5. The van der Waals surface area contributed by atoms with Crippen molar-refractivity contribution in [2.24, 2.45) is 0 Å². The van der Waals surface area contributed by atoms with Crippen LogP contribution in [0.4, 0.5) is 5.69 Å². The van der Waals surface area contributed by atoms with E-state index in [4.69, 9.17) is 0 Å². The molecule has 1 saturated carbocycles. The number of amides is 2. The number of nitrogens with one attached hydrogen (secondary N) is 1. The van der Waals surface area contributed by atoms with Gasteiger partial charge in [-0.1, -0.05) is 73.9 Å². The van der Waals surface area contributed by atoms with Crippen LogP contribution in [-0.4, -0.2) is 48.0 Å². The number of aromatic nitrogens is 6. The fourth-order valence-electron chi connectivity index (χ4n) is 5.29. The van der Waals surface area contributed by atoms with Crippen LogP contribution >= 0.6 is 0 Å². The third kappa shape index (κ3) is 5.96. The second-order valence-corrected chi connectivity index (χ2v) is 10.2. The molecule has 206 valence electrons. The monoisotopic (exact) mass is 546 g/mol. The number of benzene rings is 2. The van der Waals surface area contributed by atoms with Gasteiger partial charge in [-0.2, -0.15) is 4.80 Å². The highest BCUT2D eigenvalue weighted by Gasteiger charge is 2.35. The number of carbonyl (C=O) groups is 2. The second kappa shape index (κ2) is 12.0. The van der Waals surface area contributed by atoms with Crippen LogP contribution in [0.1, 0.15) is 43.8 Å². The number of rotatable bonds is 8. The van der Waals surface area contributed by atoms with Gasteiger partial charge in [0, 0.05) is 23.2 Å². The van der Waals surface area contributed by atoms with E-state index in [1.165, 1.54) is 16.1 Å². The number of anilines is 1. The van der Waals surface area contributed by atoms with Crippen LogP contribution in [0.3, 0.4) is 0 Å². The van der Waals surface area contributed by atoms with Gasteiger partial charge in [0.25, 0.3) is 5.91 Å². The highest BCUT2D eigenvalue weighted by Crippen LogP contribution is 2.30. The van der Waals surface area contributed by atoms with E-state index >= 15 is 0 Å². The van der Waals surface area contributed by atoms with Crippen molar-refractivity contribution in [1.29, 1.82) is 0 Å². The van der Waals surface area contributed by atoms with Crippen molar-refractivity contribution in [3.05, 3.63) is 97.0 Å². The van der Waals surface area contributed by atoms with Gasteiger partial charge in [-0.05, 0) is 42.3 Å². The van der Waals surface area contributed by atoms with Crippen molar-refractivity contribution in [2.75, 3.05) is 4.90 Å². The minimum Gasteiger partial charge on any atom is -0.351 e. The second-order valence-electron chi connectivity index (χ2n) is 10.2. The number of hydrogen-bond acceptors (Lipinski definition) is 7. The highest BCUT2D eigenvalue weighted by molar-refractivity contribution is 6.02. The number of para-hydroxylation sites is 1. The Bertz CT molecular complexity index is 1630. The van der Waals surface area contributed by atoms with Crippen molar-refractivity contribution in [2.45, 2.75) is 50.7 Å². The summed E-state index contributed by atoms with van der Waals surface area (Å²) in [6, 6.07) is 23.4. The van der Waals surface area contributed by atoms with E-state index in [2.05, 4.69) is 30.7 Å². The highest BCUT2D eigenvalue weighted by atomic mass is 16.2. The molecule has 1 N–H and O–H groups in total. The van der Waals surface area contributed by atoms with Gasteiger partial charge in [0.2, 0.25) is 11.7 Å². The summed E-state index contributed by atoms with van der Waals surface area (Å²) in [6.07, 6.45) is 8.38. The Morgan fingerprint density at radius 3 is 2.51 bits per heavy atom. The molecule has 2 aromatic carbocycles. The number of fused-ring (bicyclic) bond motifs is 1. The Labute approximate surface area is 237 Å². The third-order valence-corrected chi connectivity index (χ3v) is 7.31. The number of hydrogen-bond donors (Lipinski definition) is 1. The first-order valence-corrected chi connectivity index (χ1v) is 13.9. The van der Waals surface area contributed by atoms with E-state index in [0.717, 1.165) is 42.1 Å². The Hall–Kier alpha value is -4.99. The molecule has 1 fully saturated rings. The van der Waals surface area contributed by atoms with Crippen molar-refractivity contribution in [1.82, 2.24) is 35.5 Å². The molecule has 5 aromatic rings. The molecule has 1 atom stereocenters. The molecule has 10 heteroatoms. The minimum absolute atomic E-state index is 0.0551. The predicted octanol–water partition coefficient (Wildman–Crippen LogP) is 4.51. The van der Waals surface area contributed by atoms with E-state index in [0.29, 0.717) is 17.2 Å². The fraction of sp³-hybridized carbons (Fsp3) is 0.258. The van der Waals surface area contributed by atoms with E-state index in [1.54, 1.807) is 24.5 Å². The van der Waals surface area contributed by atoms with Crippen LogP contribution in [0, 0.1) is 0 Å². The molecule has 0 aliphatic heterocycles. The molecule has 1 aliphatic rings. The first kappa shape index (κ1) is 26.2. The van der Waals surface area contributed by atoms with Crippen LogP contribution in [-0.2, 0) is 16.1 Å². The van der Waals surface area contributed by atoms with Crippen LogP contribution in [0.2, 0.25) is 0 Å². The standard InChI is InChI=1S/C31H30N8O2/c40-28(21-38-36-30(35-37-38)22-11-3-1-4-12-22)39(25-19-23-13-7-8-16-26(23)33-20-25)29(27-17-9-10-18-32-27)31(41)34-24-14-5-2-6-15-24/h1,3-4,7-13,16-20,24,29H,2,5-6,14-15,21H2,(H,34,41). The Kier molecular flexibility index (Phi) is 7.70. The van der Waals surface area contributed by atoms with Gasteiger partial charge in [-0.15, -0.1) is 10.2 Å². The van der Waals surface area contributed by atoms with Crippen molar-refractivity contribution in [3.8, 4) is 11.4 Å². The quantitative estimate of drug-likeness (QED) is 0.304. The predicted molar refractivity (Wildman–Crippen MR) is 154 cm³/mol. The van der Waals surface area contributed by atoms with Crippen LogP contribution in [0.25, 0.3) is 22.3 Å². The molecule has 41 heavy (non-hydrogen) atoms. The van der Waals surface area contributed by atoms with Gasteiger partial charge < -0.3 is 5.32 Å². The molecule has 3 aromatic heterocycles. The summed E-state index contributed by atoms with van der Waals surface area (Å²) in [6.45, 7) is -0.229. The van der Waals surface area contributed by atoms with E-state index < -0.39 is 11.9 Å². The van der Waals surface area contributed by atoms with Crippen molar-refractivity contribution >= 4 is 28.4 Å². The first-order valence-electron chi connectivity index (χ1n) is 13.9. The number of pyridine rings is 2. The first-order chi connectivity index (χ1) is 20.2. The minimum atomic E-state index is -1.02. The molecule has 0 bridgehead atoms. The molecule has 0 radical (unpaired) electrons. The smallest absolute Gasteiger partial charge is 0.251 e. The summed E-state index contributed by atoms with van der Waals surface area (Å²) in [4.78, 5) is 40.0. The summed E-state index contributed by atoms with van der Waals surface area (Å²) in [5, 5.41) is 16.7. The lowest BCUT2D eigenvalue weighted by Crippen LogP contribution is -2.48. The summed E-state index contributed by atoms with van der Waals surface area (Å²) in [5.74, 6) is -0.268. The molecular weight excluding hydrogens is 516 g/mol. The largest absolute Gasteiger partial charge is 0.351 e. The normalized spacial score (nSPS) is 14.4. The van der Waals surface area contributed by atoms with E-state index in [-0.39, 0.29) is 18.5 Å². The molecule has 0 saturated heterocycles. The van der Waals surface area contributed by atoms with Gasteiger partial charge in [0.05, 0.1) is 23.1 Å². The van der Waals surface area contributed by atoms with Crippen molar-refractivity contribution in [3.63, 3.8) is 0 Å². The average molecular weight is 547 g/mol. The molecule has 2 amide bonds. The number of tetrazole rings is 1. The Morgan fingerprint density at radius 1 is 0.927 bits per heavy atom. The molecule has 10 nitrogen and oxygen atoms in total. The maximum absolute atomic E-state index is 14.2. The summed E-state index contributed by atoms with van der Waals surface area (Å²) >= 11 is 0. The summed E-state index contributed by atoms with van der Waals surface area (Å²) in [5.41, 5.74) is 2.51. The van der Waals surface area contributed by atoms with Gasteiger partial charge in [0.1, 0.15) is 6.54 Å². The topological polar surface area (TPSA) is 119 Å². The fourth-order valence-corrected chi connectivity index (χ4v) is 5.29. The van der Waals surface area contributed by atoms with E-state index in [9.17, 15) is 9.59 Å². The Balaban J connectivity index is 1.39. The van der Waals surface area contributed by atoms with Gasteiger partial charge in [-0.25, -0.2) is 0 Å². The Morgan fingerprint density at radius 2 is 1.71 bits per heavy atom. The summed E-state index contributed by atoms with van der Waals surface area (Å²) in [7, 11) is 0. The average Bonchev–Trinajstić information content (AvgIpc) is 3.49. The number of carbonyl (C=O) groups excluding carboxylic acids is 2. The lowest BCUT2D eigenvalue weighted by atomic mass is 9.95. The maximum Gasteiger partial charge on any atom is 0.251 e. The van der Waals surface area contributed by atoms with Gasteiger partial charge >= 0.3 is 0 Å². The molecular formula is C31H30N8O2. The maximum atomic E-state index is 14.2. The molecule has 3 heterocycles. The van der Waals surface area contributed by atoms with Crippen LogP contribution in [0.5, 0.6) is 0 Å². The molecule has 0 spiro atoms. The summed E-state index contributed by atoms with van der Waals surface area (Å²) < 4.78 is 0. The van der Waals surface area contributed by atoms with Gasteiger partial charge in [0.15, 0.2) is 6.04 Å². The van der Waals surface area contributed by atoms with Gasteiger partial charge in [-0.3, -0.25) is 24.5 Å². The molecule has 1 aliphatic carbocycles. The van der Waals surface area contributed by atoms with Crippen LogP contribution < -0.4 is 10.2 Å². The SMILES string of the molecule is O=C(NC1CCCCC1)C(c1ccccn1)N(C(=O)Cn1nnc(-c2ccccc2)n1)c1cnc2ccccc2c1. The molecule has 6 rings (SSSR count).